The Balaban J connectivity index is 2.05. The summed E-state index contributed by atoms with van der Waals surface area (Å²) in [5.41, 5.74) is 3.31. The minimum atomic E-state index is -2.87. The molecule has 1 fully saturated rings. The minimum absolute atomic E-state index is 0.00353. The Kier molecular flexibility index (Phi) is 8.61. The van der Waals surface area contributed by atoms with E-state index in [1.54, 1.807) is 20.8 Å². The Bertz CT molecular complexity index is 1140. The van der Waals surface area contributed by atoms with Gasteiger partial charge < -0.3 is 30.7 Å². The SMILES string of the molecule is CCN(c1c(C)c(C(=O)NCc2c(C)cc(C)[nH]c2=O)cc(NC(F)F)c1C=N)C1CCOCC1. The van der Waals surface area contributed by atoms with Gasteiger partial charge >= 0.3 is 6.55 Å². The van der Waals surface area contributed by atoms with E-state index in [4.69, 9.17) is 10.1 Å². The molecule has 1 amide bonds. The Hall–Kier alpha value is -3.27. The molecule has 4 N–H and O–H groups in total. The number of carbonyl (C=O) groups is 1. The number of aromatic nitrogens is 1. The number of amides is 1. The van der Waals surface area contributed by atoms with Gasteiger partial charge in [-0.1, -0.05) is 0 Å². The lowest BCUT2D eigenvalue weighted by Gasteiger charge is -2.38. The lowest BCUT2D eigenvalue weighted by Crippen LogP contribution is -2.41. The average Bonchev–Trinajstić information content (AvgIpc) is 2.80. The molecule has 190 valence electrons. The third-order valence-corrected chi connectivity index (χ3v) is 6.43. The van der Waals surface area contributed by atoms with Crippen molar-refractivity contribution in [1.82, 2.24) is 10.3 Å². The third-order valence-electron chi connectivity index (χ3n) is 6.43. The van der Waals surface area contributed by atoms with E-state index in [0.717, 1.165) is 30.3 Å². The van der Waals surface area contributed by atoms with E-state index in [0.29, 0.717) is 42.1 Å². The molecule has 3 rings (SSSR count). The Morgan fingerprint density at radius 2 is 1.97 bits per heavy atom. The van der Waals surface area contributed by atoms with Gasteiger partial charge in [-0.25, -0.2) is 0 Å². The van der Waals surface area contributed by atoms with E-state index >= 15 is 0 Å². The average molecular weight is 490 g/mol. The first kappa shape index (κ1) is 26.3. The van der Waals surface area contributed by atoms with E-state index < -0.39 is 12.5 Å². The summed E-state index contributed by atoms with van der Waals surface area (Å²) in [5, 5.41) is 12.8. The zero-order valence-corrected chi connectivity index (χ0v) is 20.6. The second-order valence-corrected chi connectivity index (χ2v) is 8.70. The fraction of sp³-hybridized carbons (Fsp3) is 0.480. The van der Waals surface area contributed by atoms with Gasteiger partial charge in [-0.05, 0) is 63.8 Å². The number of anilines is 2. The van der Waals surface area contributed by atoms with Gasteiger partial charge in [-0.15, -0.1) is 0 Å². The predicted octanol–water partition coefficient (Wildman–Crippen LogP) is 3.87. The van der Waals surface area contributed by atoms with Gasteiger partial charge in [-0.3, -0.25) is 9.59 Å². The van der Waals surface area contributed by atoms with Gasteiger partial charge in [0.2, 0.25) is 0 Å². The van der Waals surface area contributed by atoms with Crippen LogP contribution in [0, 0.1) is 26.2 Å². The molecule has 0 bridgehead atoms. The first-order chi connectivity index (χ1) is 16.7. The number of ether oxygens (including phenoxy) is 1. The summed E-state index contributed by atoms with van der Waals surface area (Å²) >= 11 is 0. The summed E-state index contributed by atoms with van der Waals surface area (Å²) in [5.74, 6) is -0.486. The molecule has 0 radical (unpaired) electrons. The van der Waals surface area contributed by atoms with Crippen molar-refractivity contribution in [2.75, 3.05) is 30.0 Å². The van der Waals surface area contributed by atoms with E-state index in [9.17, 15) is 18.4 Å². The molecule has 0 atom stereocenters. The number of carbonyl (C=O) groups excluding carboxylic acids is 1. The number of benzene rings is 1. The van der Waals surface area contributed by atoms with Gasteiger partial charge in [0.25, 0.3) is 11.5 Å². The van der Waals surface area contributed by atoms with Crippen LogP contribution < -0.4 is 21.1 Å². The lowest BCUT2D eigenvalue weighted by atomic mass is 9.95. The number of pyridine rings is 1. The van der Waals surface area contributed by atoms with Crippen molar-refractivity contribution in [3.8, 4) is 0 Å². The largest absolute Gasteiger partial charge is 0.381 e. The molecule has 1 aliphatic rings. The van der Waals surface area contributed by atoms with Crippen LogP contribution in [-0.2, 0) is 11.3 Å². The Labute approximate surface area is 203 Å². The molecule has 2 aromatic rings. The van der Waals surface area contributed by atoms with Gasteiger partial charge in [0, 0.05) is 60.9 Å². The lowest BCUT2D eigenvalue weighted by molar-refractivity contribution is 0.0845. The second kappa shape index (κ2) is 11.4. The number of nitrogens with zero attached hydrogens (tertiary/aromatic N) is 1. The number of alkyl halides is 2. The van der Waals surface area contributed by atoms with Crippen LogP contribution in [0.2, 0.25) is 0 Å². The molecule has 0 spiro atoms. The predicted molar refractivity (Wildman–Crippen MR) is 133 cm³/mol. The summed E-state index contributed by atoms with van der Waals surface area (Å²) in [7, 11) is 0. The third kappa shape index (κ3) is 5.87. The molecule has 10 heteroatoms. The molecule has 1 aliphatic heterocycles. The smallest absolute Gasteiger partial charge is 0.312 e. The maximum Gasteiger partial charge on any atom is 0.312 e. The zero-order valence-electron chi connectivity index (χ0n) is 20.6. The number of aryl methyl sites for hydroxylation is 2. The topological polar surface area (TPSA) is 110 Å². The van der Waals surface area contributed by atoms with Gasteiger partial charge in [0.05, 0.1) is 11.4 Å². The van der Waals surface area contributed by atoms with Crippen LogP contribution in [0.1, 0.15) is 58.1 Å². The van der Waals surface area contributed by atoms with Crippen molar-refractivity contribution in [2.24, 2.45) is 0 Å². The number of aromatic amines is 1. The van der Waals surface area contributed by atoms with Crippen LogP contribution in [0.15, 0.2) is 16.9 Å². The van der Waals surface area contributed by atoms with Crippen molar-refractivity contribution >= 4 is 23.5 Å². The first-order valence-electron chi connectivity index (χ1n) is 11.7. The molecular weight excluding hydrogens is 456 g/mol. The maximum absolute atomic E-state index is 13.4. The monoisotopic (exact) mass is 489 g/mol. The molecule has 0 unspecified atom stereocenters. The minimum Gasteiger partial charge on any atom is -0.381 e. The number of nitrogens with one attached hydrogen (secondary N) is 4. The number of hydrogen-bond acceptors (Lipinski definition) is 6. The number of halogens is 2. The highest BCUT2D eigenvalue weighted by Gasteiger charge is 2.28. The quantitative estimate of drug-likeness (QED) is 0.316. The Morgan fingerprint density at radius 1 is 1.29 bits per heavy atom. The number of hydrogen-bond donors (Lipinski definition) is 4. The second-order valence-electron chi connectivity index (χ2n) is 8.70. The van der Waals surface area contributed by atoms with Crippen molar-refractivity contribution in [3.63, 3.8) is 0 Å². The molecule has 1 saturated heterocycles. The highest BCUT2D eigenvalue weighted by molar-refractivity contribution is 6.04. The highest BCUT2D eigenvalue weighted by atomic mass is 19.3. The summed E-state index contributed by atoms with van der Waals surface area (Å²) in [4.78, 5) is 30.4. The molecule has 0 aliphatic carbocycles. The van der Waals surface area contributed by atoms with Crippen molar-refractivity contribution < 1.29 is 18.3 Å². The molecule has 35 heavy (non-hydrogen) atoms. The van der Waals surface area contributed by atoms with Crippen LogP contribution >= 0.6 is 0 Å². The van der Waals surface area contributed by atoms with E-state index in [1.807, 2.05) is 13.0 Å². The maximum atomic E-state index is 13.4. The van der Waals surface area contributed by atoms with Crippen LogP contribution in [0.5, 0.6) is 0 Å². The fourth-order valence-electron chi connectivity index (χ4n) is 4.74. The van der Waals surface area contributed by atoms with E-state index in [1.165, 1.54) is 6.07 Å². The summed E-state index contributed by atoms with van der Waals surface area (Å²) < 4.78 is 32.2. The van der Waals surface area contributed by atoms with Crippen LogP contribution in [0.4, 0.5) is 20.2 Å². The van der Waals surface area contributed by atoms with Crippen molar-refractivity contribution in [2.45, 2.75) is 59.7 Å². The van der Waals surface area contributed by atoms with Crippen LogP contribution in [0.3, 0.4) is 0 Å². The number of rotatable bonds is 9. The molecule has 8 nitrogen and oxygen atoms in total. The molecule has 1 aromatic heterocycles. The van der Waals surface area contributed by atoms with Gasteiger partial charge in [-0.2, -0.15) is 8.78 Å². The standard InChI is InChI=1S/C25H33F2N5O3/c1-5-32(17-6-8-35-9-7-17)22-16(4)18(11-21(19(22)12-28)31-25(26)27)23(33)29-13-20-14(2)10-15(3)30-24(20)34/h10-12,17,25,28,31H,5-9,13H2,1-4H3,(H,29,33)(H,30,34). The Morgan fingerprint density at radius 3 is 2.54 bits per heavy atom. The summed E-state index contributed by atoms with van der Waals surface area (Å²) in [6, 6.07) is 3.27. The van der Waals surface area contributed by atoms with Crippen molar-refractivity contribution in [1.29, 1.82) is 5.41 Å². The highest BCUT2D eigenvalue weighted by Crippen LogP contribution is 2.36. The van der Waals surface area contributed by atoms with Crippen LogP contribution in [-0.4, -0.2) is 49.5 Å². The first-order valence-corrected chi connectivity index (χ1v) is 11.7. The fourth-order valence-corrected chi connectivity index (χ4v) is 4.74. The van der Waals surface area contributed by atoms with E-state index in [2.05, 4.69) is 20.5 Å². The molecular formula is C25H33F2N5O3. The molecule has 1 aromatic carbocycles. The normalized spacial score (nSPS) is 14.1. The summed E-state index contributed by atoms with van der Waals surface area (Å²) in [6.45, 7) is 6.18. The van der Waals surface area contributed by atoms with Crippen LogP contribution in [0.25, 0.3) is 0 Å². The number of H-pyrrole nitrogens is 1. The van der Waals surface area contributed by atoms with Crippen molar-refractivity contribution in [3.05, 3.63) is 56.0 Å². The van der Waals surface area contributed by atoms with E-state index in [-0.39, 0.29) is 29.4 Å². The summed E-state index contributed by atoms with van der Waals surface area (Å²) in [6.07, 6.45) is 2.56. The van der Waals surface area contributed by atoms with Gasteiger partial charge in [0.1, 0.15) is 0 Å². The molecule has 0 saturated carbocycles. The zero-order chi connectivity index (χ0) is 25.7. The molecule has 2 heterocycles. The van der Waals surface area contributed by atoms with Gasteiger partial charge in [0.15, 0.2) is 0 Å².